The predicted molar refractivity (Wildman–Crippen MR) is 400 cm³/mol. The molecule has 3 amide bonds. The van der Waals surface area contributed by atoms with Gasteiger partial charge in [0.25, 0.3) is 11.8 Å². The largest absolute Gasteiger partial charge is 0.493 e. The zero-order valence-corrected chi connectivity index (χ0v) is 59.2. The van der Waals surface area contributed by atoms with E-state index in [1.807, 2.05) is 211 Å². The molecule has 0 aliphatic rings. The molecular formula is C87H85F3N6O9. The fraction of sp³-hybridized carbons (Fsp3) is 0.218. The molecule has 0 saturated heterocycles. The first-order chi connectivity index (χ1) is 51.2. The summed E-state index contributed by atoms with van der Waals surface area (Å²) in [5, 5.41) is 0. The third-order valence-corrected chi connectivity index (χ3v) is 16.8. The number of carbonyl (C=O) groups is 3. The number of halogens is 3. The summed E-state index contributed by atoms with van der Waals surface area (Å²) in [6.45, 7) is 3.81. The van der Waals surface area contributed by atoms with Gasteiger partial charge in [-0.25, -0.2) is 0 Å². The molecule has 3 aromatic heterocycles. The van der Waals surface area contributed by atoms with Crippen LogP contribution in [0.5, 0.6) is 34.5 Å². The van der Waals surface area contributed by atoms with Crippen LogP contribution in [0.25, 0.3) is 0 Å². The van der Waals surface area contributed by atoms with E-state index in [2.05, 4.69) is 33.0 Å². The Bertz CT molecular complexity index is 4470. The molecule has 0 bridgehead atoms. The summed E-state index contributed by atoms with van der Waals surface area (Å²) in [6.07, 6.45) is 10.1. The third-order valence-electron chi connectivity index (χ3n) is 16.8. The maximum atomic E-state index is 13.4. The fourth-order valence-corrected chi connectivity index (χ4v) is 11.2. The Balaban J connectivity index is 0.000000184. The van der Waals surface area contributed by atoms with Gasteiger partial charge in [-0.1, -0.05) is 158 Å². The zero-order chi connectivity index (χ0) is 73.9. The Morgan fingerprint density at radius 2 is 0.743 bits per heavy atom. The number of benzene rings is 8. The zero-order valence-electron chi connectivity index (χ0n) is 59.2. The van der Waals surface area contributed by atoms with E-state index in [4.69, 9.17) is 34.8 Å². The smallest absolute Gasteiger partial charge is 0.416 e. The first-order valence-corrected chi connectivity index (χ1v) is 34.5. The van der Waals surface area contributed by atoms with Gasteiger partial charge < -0.3 is 43.1 Å². The third kappa shape index (κ3) is 25.4. The number of carbonyl (C=O) groups excluding carboxylic acids is 3. The molecule has 0 radical (unpaired) electrons. The van der Waals surface area contributed by atoms with Crippen LogP contribution in [0.15, 0.2) is 273 Å². The number of rotatable bonds is 32. The number of alkyl halides is 3. The van der Waals surface area contributed by atoms with Crippen LogP contribution in [-0.4, -0.2) is 88.3 Å². The maximum Gasteiger partial charge on any atom is 0.416 e. The molecule has 0 N–H and O–H groups in total. The fourth-order valence-electron chi connectivity index (χ4n) is 11.2. The highest BCUT2D eigenvalue weighted by Gasteiger charge is 2.31. The molecule has 538 valence electrons. The second kappa shape index (κ2) is 41.0. The average Bonchev–Trinajstić information content (AvgIpc) is 0.842. The Kier molecular flexibility index (Phi) is 30.1. The van der Waals surface area contributed by atoms with E-state index in [1.165, 1.54) is 17.7 Å². The van der Waals surface area contributed by atoms with Gasteiger partial charge in [0, 0.05) is 106 Å². The second-order valence-corrected chi connectivity index (χ2v) is 24.3. The van der Waals surface area contributed by atoms with Crippen molar-refractivity contribution in [3.05, 3.63) is 341 Å². The van der Waals surface area contributed by atoms with Crippen LogP contribution in [0.3, 0.4) is 0 Å². The van der Waals surface area contributed by atoms with Crippen molar-refractivity contribution >= 4 is 17.7 Å². The first-order valence-electron chi connectivity index (χ1n) is 34.5. The van der Waals surface area contributed by atoms with Gasteiger partial charge in [0.15, 0.2) is 34.5 Å². The van der Waals surface area contributed by atoms with Crippen molar-refractivity contribution in [3.63, 3.8) is 0 Å². The van der Waals surface area contributed by atoms with Crippen molar-refractivity contribution in [1.82, 2.24) is 29.7 Å². The lowest BCUT2D eigenvalue weighted by Gasteiger charge is -2.24. The van der Waals surface area contributed by atoms with Gasteiger partial charge >= 0.3 is 6.18 Å². The van der Waals surface area contributed by atoms with E-state index in [0.717, 1.165) is 75.4 Å². The van der Waals surface area contributed by atoms with Gasteiger partial charge in [0.05, 0.1) is 26.9 Å². The lowest BCUT2D eigenvalue weighted by Crippen LogP contribution is -2.32. The van der Waals surface area contributed by atoms with Crippen molar-refractivity contribution in [2.75, 3.05) is 41.0 Å². The summed E-state index contributed by atoms with van der Waals surface area (Å²) in [4.78, 5) is 57.1. The van der Waals surface area contributed by atoms with Gasteiger partial charge in [-0.3, -0.25) is 29.3 Å². The Labute approximate surface area is 612 Å². The van der Waals surface area contributed by atoms with Crippen LogP contribution in [0.2, 0.25) is 0 Å². The topological polar surface area (TPSA) is 155 Å². The number of hydrogen-bond acceptors (Lipinski definition) is 12. The molecule has 0 atom stereocenters. The van der Waals surface area contributed by atoms with Gasteiger partial charge in [-0.05, 0) is 155 Å². The minimum atomic E-state index is -4.47. The number of methoxy groups -OCH3 is 3. The number of aromatic nitrogens is 3. The summed E-state index contributed by atoms with van der Waals surface area (Å²) in [5.41, 5.74) is 9.20. The molecule has 11 rings (SSSR count). The molecule has 0 saturated carbocycles. The highest BCUT2D eigenvalue weighted by atomic mass is 19.4. The highest BCUT2D eigenvalue weighted by molar-refractivity contribution is 5.94. The lowest BCUT2D eigenvalue weighted by atomic mass is 10.1. The summed E-state index contributed by atoms with van der Waals surface area (Å²) >= 11 is 0. The number of terminal acetylenes is 1. The minimum Gasteiger partial charge on any atom is -0.493 e. The van der Waals surface area contributed by atoms with E-state index >= 15 is 0 Å². The predicted octanol–water partition coefficient (Wildman–Crippen LogP) is 16.7. The van der Waals surface area contributed by atoms with Gasteiger partial charge in [-0.15, -0.1) is 6.42 Å². The van der Waals surface area contributed by atoms with Crippen molar-refractivity contribution in [1.29, 1.82) is 0 Å². The number of aryl methyl sites for hydroxylation is 1. The van der Waals surface area contributed by atoms with Gasteiger partial charge in [-0.2, -0.15) is 13.2 Å². The highest BCUT2D eigenvalue weighted by Crippen LogP contribution is 2.34. The maximum absolute atomic E-state index is 13.4. The number of ether oxygens (including phenoxy) is 6. The standard InChI is InChI=1S/C32H34N2O3.C30H27F3N2O3.C25H24N2O3/c1-36-31-23-28(18-19-30(31)37-25-27-13-6-3-7-14-27)24-34(22-20-29-16-8-9-21-33-29)32(35)17-10-15-26-11-4-2-5-12-26;1-37-28-19-23(10-15-27(28)38-21-22-7-3-2-4-8-22)20-35(18-16-26-9-5-6-17-34-26)29(36)24-11-13-25(14-12-24)30(31,32)33;1-3-25(28)27(16-14-22-11-7-8-15-26-22)18-21-12-13-23(24(17-21)29-2)30-19-20-9-5-4-6-10-20/h2-9,11-14,16,18-19,21,23H,10,15,17,20,22,24-25H2,1H3;2-15,17,19H,16,18,20-21H2,1H3;1,4-13,15,17H,14,16,18-19H2,2H3. The van der Waals surface area contributed by atoms with E-state index < -0.39 is 11.7 Å². The van der Waals surface area contributed by atoms with Crippen molar-refractivity contribution in [2.45, 2.75) is 84.2 Å². The summed E-state index contributed by atoms with van der Waals surface area (Å²) in [5.74, 6) is 5.32. The quantitative estimate of drug-likeness (QED) is 0.0369. The van der Waals surface area contributed by atoms with Crippen LogP contribution >= 0.6 is 0 Å². The molecule has 0 fully saturated rings. The molecule has 3 heterocycles. The van der Waals surface area contributed by atoms with Crippen LogP contribution in [-0.2, 0) is 80.9 Å². The summed E-state index contributed by atoms with van der Waals surface area (Å²) in [6, 6.07) is 78.4. The van der Waals surface area contributed by atoms with Crippen LogP contribution in [0.4, 0.5) is 13.2 Å². The van der Waals surface area contributed by atoms with Gasteiger partial charge in [0.2, 0.25) is 5.91 Å². The molecule has 15 nitrogen and oxygen atoms in total. The molecule has 0 unspecified atom stereocenters. The van der Waals surface area contributed by atoms with E-state index in [-0.39, 0.29) is 29.8 Å². The number of pyridine rings is 3. The lowest BCUT2D eigenvalue weighted by molar-refractivity contribution is -0.137. The number of nitrogens with zero attached hydrogens (tertiary/aromatic N) is 6. The molecule has 11 aromatic rings. The monoisotopic (exact) mass is 1410 g/mol. The van der Waals surface area contributed by atoms with Crippen molar-refractivity contribution in [3.8, 4) is 46.8 Å². The summed E-state index contributed by atoms with van der Waals surface area (Å²) < 4.78 is 73.5. The number of amides is 3. The van der Waals surface area contributed by atoms with Crippen LogP contribution < -0.4 is 28.4 Å². The molecular weight excluding hydrogens is 1330 g/mol. The van der Waals surface area contributed by atoms with Crippen molar-refractivity contribution in [2.24, 2.45) is 0 Å². The molecule has 8 aromatic carbocycles. The Morgan fingerprint density at radius 1 is 0.390 bits per heavy atom. The van der Waals surface area contributed by atoms with Crippen molar-refractivity contribution < 1.29 is 56.0 Å². The minimum absolute atomic E-state index is 0.148. The van der Waals surface area contributed by atoms with Crippen LogP contribution in [0.1, 0.15) is 84.8 Å². The second-order valence-electron chi connectivity index (χ2n) is 24.3. The molecule has 18 heteroatoms. The molecule has 0 spiro atoms. The van der Waals surface area contributed by atoms with E-state index in [0.29, 0.717) is 113 Å². The van der Waals surface area contributed by atoms with Gasteiger partial charge in [0.1, 0.15) is 19.8 Å². The first kappa shape index (κ1) is 76.9. The Morgan fingerprint density at radius 3 is 1.10 bits per heavy atom. The normalized spacial score (nSPS) is 10.7. The van der Waals surface area contributed by atoms with E-state index in [1.54, 1.807) is 61.9 Å². The molecule has 0 aliphatic heterocycles. The Hall–Kier alpha value is -12.2. The van der Waals surface area contributed by atoms with Crippen LogP contribution in [0, 0.1) is 12.3 Å². The average molecular weight is 1420 g/mol. The number of hydrogen-bond donors (Lipinski definition) is 0. The van der Waals surface area contributed by atoms with E-state index in [9.17, 15) is 27.6 Å². The summed E-state index contributed by atoms with van der Waals surface area (Å²) in [7, 11) is 4.78. The molecule has 0 aliphatic carbocycles. The molecule has 105 heavy (non-hydrogen) atoms. The SMILES string of the molecule is C#CC(=O)N(CCc1ccccn1)Cc1ccc(OCc2ccccc2)c(OC)c1.COc1cc(CN(CCc2ccccn2)C(=O)CCCc2ccccc2)ccc1OCc1ccccc1.COc1cc(CN(CCc2ccccn2)C(=O)c2ccc(C(F)(F)F)cc2)ccc1OCc1ccccc1.